The van der Waals surface area contributed by atoms with Crippen LogP contribution in [-0.2, 0) is 0 Å². The summed E-state index contributed by atoms with van der Waals surface area (Å²) in [6.45, 7) is -0.117. The van der Waals surface area contributed by atoms with Crippen LogP contribution in [0.2, 0.25) is 0 Å². The molecule has 0 atom stereocenters. The van der Waals surface area contributed by atoms with E-state index in [2.05, 4.69) is 0 Å². The quantitative estimate of drug-likeness (QED) is 0.671. The van der Waals surface area contributed by atoms with Gasteiger partial charge in [0.15, 0.2) is 0 Å². The first-order valence-electron chi connectivity index (χ1n) is 7.66. The van der Waals surface area contributed by atoms with Gasteiger partial charge in [-0.1, -0.05) is 12.8 Å². The van der Waals surface area contributed by atoms with Gasteiger partial charge < -0.3 is 10.2 Å². The number of hydrogen-bond donors (Lipinski definition) is 1. The predicted molar refractivity (Wildman–Crippen MR) is 82.2 cm³/mol. The van der Waals surface area contributed by atoms with Crippen LogP contribution in [0.5, 0.6) is 0 Å². The number of nitrogens with one attached hydrogen (secondary N) is 1. The van der Waals surface area contributed by atoms with Gasteiger partial charge in [-0.2, -0.15) is 13.2 Å². The molecule has 1 aliphatic heterocycles. The van der Waals surface area contributed by atoms with Gasteiger partial charge in [0.25, 0.3) is 11.6 Å². The number of alkyl halides is 3. The summed E-state index contributed by atoms with van der Waals surface area (Å²) in [5.41, 5.74) is -0.0321. The number of carbonyl (C=O) groups is 1. The van der Waals surface area contributed by atoms with Gasteiger partial charge in [0.1, 0.15) is 12.2 Å². The summed E-state index contributed by atoms with van der Waals surface area (Å²) in [4.78, 5) is 24.4. The van der Waals surface area contributed by atoms with Gasteiger partial charge in [0, 0.05) is 24.7 Å². The van der Waals surface area contributed by atoms with Crippen molar-refractivity contribution >= 4 is 17.3 Å². The molecule has 1 aliphatic rings. The maximum atomic E-state index is 12.2. The topological polar surface area (TPSA) is 75.5 Å². The van der Waals surface area contributed by atoms with Gasteiger partial charge in [0.2, 0.25) is 0 Å². The molecule has 0 spiro atoms. The summed E-state index contributed by atoms with van der Waals surface area (Å²) < 4.78 is 36.5. The molecule has 1 aromatic rings. The Balaban J connectivity index is 2.22. The SMILES string of the molecule is O=C(NCC(F)(F)F)c1ccc(N2CCCCCC2)c([N+](=O)[O-])c1. The van der Waals surface area contributed by atoms with Crippen molar-refractivity contribution in [3.8, 4) is 0 Å². The van der Waals surface area contributed by atoms with Crippen LogP contribution >= 0.6 is 0 Å². The molecule has 9 heteroatoms. The van der Waals surface area contributed by atoms with Crippen molar-refractivity contribution in [2.24, 2.45) is 0 Å². The zero-order valence-electron chi connectivity index (χ0n) is 12.9. The Morgan fingerprint density at radius 2 is 1.83 bits per heavy atom. The van der Waals surface area contributed by atoms with E-state index in [4.69, 9.17) is 0 Å². The van der Waals surface area contributed by atoms with Gasteiger partial charge in [-0.25, -0.2) is 0 Å². The average molecular weight is 345 g/mol. The molecule has 0 aromatic heterocycles. The molecule has 0 bridgehead atoms. The molecule has 0 aliphatic carbocycles. The van der Waals surface area contributed by atoms with Crippen molar-refractivity contribution in [3.63, 3.8) is 0 Å². The van der Waals surface area contributed by atoms with E-state index >= 15 is 0 Å². The van der Waals surface area contributed by atoms with Crippen LogP contribution in [0.3, 0.4) is 0 Å². The third kappa shape index (κ3) is 4.84. The highest BCUT2D eigenvalue weighted by Crippen LogP contribution is 2.31. The molecule has 132 valence electrons. The standard InChI is InChI=1S/C15H18F3N3O3/c16-15(17,18)10-19-14(22)11-5-6-12(13(9-11)21(23)24)20-7-3-1-2-4-8-20/h5-6,9H,1-4,7-8,10H2,(H,19,22). The van der Waals surface area contributed by atoms with Crippen LogP contribution in [0.4, 0.5) is 24.5 Å². The first-order chi connectivity index (χ1) is 11.3. The first-order valence-corrected chi connectivity index (χ1v) is 7.66. The molecule has 0 saturated carbocycles. The van der Waals surface area contributed by atoms with Crippen molar-refractivity contribution in [2.75, 3.05) is 24.5 Å². The molecule has 1 N–H and O–H groups in total. The number of nitro groups is 1. The van der Waals surface area contributed by atoms with Crippen molar-refractivity contribution in [1.29, 1.82) is 0 Å². The average Bonchev–Trinajstić information content (AvgIpc) is 2.80. The number of anilines is 1. The van der Waals surface area contributed by atoms with Gasteiger partial charge in [0.05, 0.1) is 4.92 Å². The summed E-state index contributed by atoms with van der Waals surface area (Å²) >= 11 is 0. The highest BCUT2D eigenvalue weighted by molar-refractivity contribution is 5.95. The van der Waals surface area contributed by atoms with Crippen LogP contribution in [0.15, 0.2) is 18.2 Å². The third-order valence-corrected chi connectivity index (χ3v) is 3.83. The van der Waals surface area contributed by atoms with Crippen LogP contribution in [-0.4, -0.2) is 36.6 Å². The second-order valence-electron chi connectivity index (χ2n) is 5.66. The normalized spacial score (nSPS) is 15.7. The van der Waals surface area contributed by atoms with E-state index in [-0.39, 0.29) is 11.3 Å². The molecule has 0 radical (unpaired) electrons. The molecule has 1 heterocycles. The summed E-state index contributed by atoms with van der Waals surface area (Å²) in [7, 11) is 0. The molecule has 2 rings (SSSR count). The van der Waals surface area contributed by atoms with Crippen molar-refractivity contribution in [2.45, 2.75) is 31.9 Å². The molecule has 1 amide bonds. The highest BCUT2D eigenvalue weighted by atomic mass is 19.4. The zero-order valence-corrected chi connectivity index (χ0v) is 12.9. The smallest absolute Gasteiger partial charge is 0.366 e. The van der Waals surface area contributed by atoms with Crippen LogP contribution in [0, 0.1) is 10.1 Å². The second-order valence-corrected chi connectivity index (χ2v) is 5.66. The van der Waals surface area contributed by atoms with Gasteiger partial charge >= 0.3 is 6.18 Å². The molecular formula is C15H18F3N3O3. The summed E-state index contributed by atoms with van der Waals surface area (Å²) in [5.74, 6) is -0.988. The Kier molecular flexibility index (Phi) is 5.63. The Morgan fingerprint density at radius 3 is 2.38 bits per heavy atom. The lowest BCUT2D eigenvalue weighted by Crippen LogP contribution is -2.33. The van der Waals surface area contributed by atoms with Crippen molar-refractivity contribution in [1.82, 2.24) is 5.32 Å². The number of rotatable bonds is 4. The molecular weight excluding hydrogens is 327 g/mol. The molecule has 1 aromatic carbocycles. The maximum Gasteiger partial charge on any atom is 0.405 e. The summed E-state index contributed by atoms with van der Waals surface area (Å²) in [5, 5.41) is 13.0. The molecule has 1 fully saturated rings. The van der Waals surface area contributed by atoms with E-state index < -0.39 is 23.6 Å². The lowest BCUT2D eigenvalue weighted by molar-refractivity contribution is -0.384. The number of nitro benzene ring substituents is 1. The second kappa shape index (κ2) is 7.50. The van der Waals surface area contributed by atoms with E-state index in [0.29, 0.717) is 18.8 Å². The van der Waals surface area contributed by atoms with Crippen LogP contribution in [0.1, 0.15) is 36.0 Å². The molecule has 1 saturated heterocycles. The Labute approximate surface area is 136 Å². The number of amides is 1. The molecule has 0 unspecified atom stereocenters. The van der Waals surface area contributed by atoms with E-state index in [1.807, 2.05) is 4.90 Å². The third-order valence-electron chi connectivity index (χ3n) is 3.83. The minimum absolute atomic E-state index is 0.162. The largest absolute Gasteiger partial charge is 0.405 e. The van der Waals surface area contributed by atoms with E-state index in [9.17, 15) is 28.1 Å². The zero-order chi connectivity index (χ0) is 17.7. The van der Waals surface area contributed by atoms with E-state index in [0.717, 1.165) is 31.7 Å². The molecule has 24 heavy (non-hydrogen) atoms. The number of halogens is 3. The summed E-state index contributed by atoms with van der Waals surface area (Å²) in [6, 6.07) is 3.79. The fraction of sp³-hybridized carbons (Fsp3) is 0.533. The Hall–Kier alpha value is -2.32. The number of benzene rings is 1. The predicted octanol–water partition coefficient (Wildman–Crippen LogP) is 3.27. The molecule has 6 nitrogen and oxygen atoms in total. The van der Waals surface area contributed by atoms with Gasteiger partial charge in [-0.15, -0.1) is 0 Å². The maximum absolute atomic E-state index is 12.2. The van der Waals surface area contributed by atoms with E-state index in [1.54, 1.807) is 5.32 Å². The lowest BCUT2D eigenvalue weighted by atomic mass is 10.1. The Bertz CT molecular complexity index is 612. The number of nitrogens with zero attached hydrogens (tertiary/aromatic N) is 2. The minimum Gasteiger partial charge on any atom is -0.366 e. The lowest BCUT2D eigenvalue weighted by Gasteiger charge is -2.22. The fourth-order valence-corrected chi connectivity index (χ4v) is 2.67. The minimum atomic E-state index is -4.53. The van der Waals surface area contributed by atoms with E-state index in [1.165, 1.54) is 12.1 Å². The van der Waals surface area contributed by atoms with Crippen LogP contribution < -0.4 is 10.2 Å². The highest BCUT2D eigenvalue weighted by Gasteiger charge is 2.29. The van der Waals surface area contributed by atoms with Gasteiger partial charge in [-0.3, -0.25) is 14.9 Å². The summed E-state index contributed by atoms with van der Waals surface area (Å²) in [6.07, 6.45) is -0.575. The van der Waals surface area contributed by atoms with Crippen LogP contribution in [0.25, 0.3) is 0 Å². The van der Waals surface area contributed by atoms with Crippen molar-refractivity contribution < 1.29 is 22.9 Å². The Morgan fingerprint density at radius 1 is 1.21 bits per heavy atom. The number of hydrogen-bond acceptors (Lipinski definition) is 4. The fourth-order valence-electron chi connectivity index (χ4n) is 2.67. The van der Waals surface area contributed by atoms with Crippen molar-refractivity contribution in [3.05, 3.63) is 33.9 Å². The van der Waals surface area contributed by atoms with Gasteiger partial charge in [-0.05, 0) is 25.0 Å². The first kappa shape index (κ1) is 18.0. The monoisotopic (exact) mass is 345 g/mol. The number of carbonyl (C=O) groups excluding carboxylic acids is 1.